The van der Waals surface area contributed by atoms with Gasteiger partial charge in [0, 0.05) is 19.3 Å². The van der Waals surface area contributed by atoms with Crippen LogP contribution in [0.2, 0.25) is 0 Å². The summed E-state index contributed by atoms with van der Waals surface area (Å²) in [5, 5.41) is 5.04. The monoisotopic (exact) mass is 410 g/mol. The molecule has 0 aliphatic carbocycles. The fourth-order valence-electron chi connectivity index (χ4n) is 3.39. The standard InChI is InChI=1S/C21H22N4O5/c26-11-10-15(13-27)23-20(29)17-7-8-18-22-12-16(21(30)25(17)18)24-19(28)9-6-14-4-2-1-3-5-14/h1-5,11-13,15,17H,6-10H2,(H,23,29)(H,24,28)/t15-,17-/m0/s1. The number of carbonyl (C=O) groups is 4. The van der Waals surface area contributed by atoms with E-state index in [0.717, 1.165) is 5.56 Å². The van der Waals surface area contributed by atoms with Gasteiger partial charge in [-0.25, -0.2) is 4.98 Å². The Labute approximate surface area is 172 Å². The quantitative estimate of drug-likeness (QED) is 0.582. The number of amides is 2. The highest BCUT2D eigenvalue weighted by Gasteiger charge is 2.32. The van der Waals surface area contributed by atoms with Gasteiger partial charge in [-0.05, 0) is 18.4 Å². The second-order valence-electron chi connectivity index (χ2n) is 7.01. The Hall–Kier alpha value is -3.62. The summed E-state index contributed by atoms with van der Waals surface area (Å²) in [5.41, 5.74) is 0.480. The minimum Gasteiger partial charge on any atom is -0.344 e. The van der Waals surface area contributed by atoms with Crippen molar-refractivity contribution in [3.8, 4) is 0 Å². The molecule has 0 spiro atoms. The second kappa shape index (κ2) is 9.73. The van der Waals surface area contributed by atoms with Crippen LogP contribution in [-0.2, 0) is 32.0 Å². The molecule has 2 amide bonds. The Morgan fingerprint density at radius 1 is 1.23 bits per heavy atom. The highest BCUT2D eigenvalue weighted by molar-refractivity contribution is 5.90. The van der Waals surface area contributed by atoms with E-state index < -0.39 is 23.6 Å². The number of hydrogen-bond donors (Lipinski definition) is 2. The number of aromatic nitrogens is 2. The molecule has 0 saturated carbocycles. The SMILES string of the molecule is O=CC[C@@H](C=O)NC(=O)[C@@H]1CCc2ncc(NC(=O)CCc3ccccc3)c(=O)n21. The first kappa shape index (κ1) is 21.1. The maximum absolute atomic E-state index is 12.9. The maximum Gasteiger partial charge on any atom is 0.278 e. The van der Waals surface area contributed by atoms with Crippen molar-refractivity contribution < 1.29 is 19.2 Å². The van der Waals surface area contributed by atoms with E-state index >= 15 is 0 Å². The van der Waals surface area contributed by atoms with Gasteiger partial charge >= 0.3 is 0 Å². The number of aryl methyl sites for hydroxylation is 2. The molecule has 1 aromatic heterocycles. The van der Waals surface area contributed by atoms with Crippen LogP contribution in [0, 0.1) is 0 Å². The van der Waals surface area contributed by atoms with Crippen molar-refractivity contribution in [3.63, 3.8) is 0 Å². The topological polar surface area (TPSA) is 127 Å². The van der Waals surface area contributed by atoms with E-state index in [1.165, 1.54) is 10.8 Å². The molecule has 0 bridgehead atoms. The first-order valence-electron chi connectivity index (χ1n) is 9.67. The predicted molar refractivity (Wildman–Crippen MR) is 108 cm³/mol. The van der Waals surface area contributed by atoms with Crippen LogP contribution in [0.1, 0.15) is 36.7 Å². The summed E-state index contributed by atoms with van der Waals surface area (Å²) >= 11 is 0. The zero-order valence-electron chi connectivity index (χ0n) is 16.2. The maximum atomic E-state index is 12.9. The van der Waals surface area contributed by atoms with Gasteiger partial charge in [0.1, 0.15) is 30.1 Å². The number of nitrogens with zero attached hydrogens (tertiary/aromatic N) is 2. The number of aldehydes is 2. The van der Waals surface area contributed by atoms with Gasteiger partial charge in [0.05, 0.1) is 12.2 Å². The lowest BCUT2D eigenvalue weighted by molar-refractivity contribution is -0.127. The molecule has 3 rings (SSSR count). The van der Waals surface area contributed by atoms with Crippen molar-refractivity contribution in [1.29, 1.82) is 0 Å². The van der Waals surface area contributed by atoms with Gasteiger partial charge in [-0.1, -0.05) is 30.3 Å². The fourth-order valence-corrected chi connectivity index (χ4v) is 3.39. The Balaban J connectivity index is 1.71. The van der Waals surface area contributed by atoms with Gasteiger partial charge in [-0.2, -0.15) is 0 Å². The van der Waals surface area contributed by atoms with Gasteiger partial charge in [0.2, 0.25) is 11.8 Å². The van der Waals surface area contributed by atoms with Crippen LogP contribution in [0.5, 0.6) is 0 Å². The third-order valence-electron chi connectivity index (χ3n) is 4.93. The van der Waals surface area contributed by atoms with E-state index in [4.69, 9.17) is 0 Å². The van der Waals surface area contributed by atoms with E-state index in [9.17, 15) is 24.0 Å². The molecule has 0 radical (unpaired) electrons. The Bertz CT molecular complexity index is 1000. The molecule has 0 fully saturated rings. The zero-order valence-corrected chi connectivity index (χ0v) is 16.2. The molecule has 2 aromatic rings. The van der Waals surface area contributed by atoms with Crippen molar-refractivity contribution in [2.24, 2.45) is 0 Å². The normalized spacial score (nSPS) is 15.7. The third-order valence-corrected chi connectivity index (χ3v) is 4.93. The van der Waals surface area contributed by atoms with Crippen LogP contribution in [0.4, 0.5) is 5.69 Å². The number of rotatable bonds is 9. The van der Waals surface area contributed by atoms with Crippen LogP contribution >= 0.6 is 0 Å². The molecule has 0 unspecified atom stereocenters. The van der Waals surface area contributed by atoms with E-state index in [0.29, 0.717) is 37.7 Å². The van der Waals surface area contributed by atoms with Crippen LogP contribution < -0.4 is 16.2 Å². The van der Waals surface area contributed by atoms with Crippen LogP contribution in [0.15, 0.2) is 41.3 Å². The largest absolute Gasteiger partial charge is 0.344 e. The van der Waals surface area contributed by atoms with Crippen molar-refractivity contribution in [3.05, 3.63) is 58.3 Å². The first-order chi connectivity index (χ1) is 14.5. The lowest BCUT2D eigenvalue weighted by atomic mass is 10.1. The lowest BCUT2D eigenvalue weighted by Crippen LogP contribution is -2.42. The minimum atomic E-state index is -0.941. The highest BCUT2D eigenvalue weighted by atomic mass is 16.2. The van der Waals surface area contributed by atoms with Gasteiger partial charge in [-0.3, -0.25) is 19.0 Å². The van der Waals surface area contributed by atoms with Crippen molar-refractivity contribution in [2.45, 2.75) is 44.2 Å². The van der Waals surface area contributed by atoms with Crippen LogP contribution in [0.3, 0.4) is 0 Å². The van der Waals surface area contributed by atoms with Crippen molar-refractivity contribution in [2.75, 3.05) is 5.32 Å². The Morgan fingerprint density at radius 2 is 2.00 bits per heavy atom. The molecular formula is C21H22N4O5. The van der Waals surface area contributed by atoms with Crippen molar-refractivity contribution >= 4 is 30.1 Å². The van der Waals surface area contributed by atoms with E-state index in [1.807, 2.05) is 30.3 Å². The van der Waals surface area contributed by atoms with Crippen molar-refractivity contribution in [1.82, 2.24) is 14.9 Å². The summed E-state index contributed by atoms with van der Waals surface area (Å²) < 4.78 is 1.24. The lowest BCUT2D eigenvalue weighted by Gasteiger charge is -2.17. The molecule has 2 atom stereocenters. The molecular weight excluding hydrogens is 388 g/mol. The Kier molecular flexibility index (Phi) is 6.84. The summed E-state index contributed by atoms with van der Waals surface area (Å²) in [6.45, 7) is 0. The molecule has 30 heavy (non-hydrogen) atoms. The van der Waals surface area contributed by atoms with Gasteiger partial charge in [0.25, 0.3) is 5.56 Å². The molecule has 2 N–H and O–H groups in total. The number of hydrogen-bond acceptors (Lipinski definition) is 6. The average molecular weight is 410 g/mol. The second-order valence-corrected chi connectivity index (χ2v) is 7.01. The number of benzene rings is 1. The number of nitrogens with one attached hydrogen (secondary N) is 2. The highest BCUT2D eigenvalue weighted by Crippen LogP contribution is 2.23. The average Bonchev–Trinajstić information content (AvgIpc) is 3.20. The summed E-state index contributed by atoms with van der Waals surface area (Å²) in [4.78, 5) is 63.5. The molecule has 1 aliphatic rings. The minimum absolute atomic E-state index is 0.00339. The van der Waals surface area contributed by atoms with Crippen LogP contribution in [-0.4, -0.2) is 40.0 Å². The fraction of sp³-hybridized carbons (Fsp3) is 0.333. The molecule has 9 nitrogen and oxygen atoms in total. The predicted octanol–water partition coefficient (Wildman–Crippen LogP) is 0.575. The molecule has 1 aliphatic heterocycles. The molecule has 2 heterocycles. The Morgan fingerprint density at radius 3 is 2.70 bits per heavy atom. The summed E-state index contributed by atoms with van der Waals surface area (Å²) in [6, 6.07) is 7.71. The number of carbonyl (C=O) groups excluding carboxylic acids is 4. The van der Waals surface area contributed by atoms with Gasteiger partial charge in [0.15, 0.2) is 0 Å². The smallest absolute Gasteiger partial charge is 0.278 e. The van der Waals surface area contributed by atoms with Crippen LogP contribution in [0.25, 0.3) is 0 Å². The van der Waals surface area contributed by atoms with E-state index in [2.05, 4.69) is 15.6 Å². The number of anilines is 1. The van der Waals surface area contributed by atoms with Gasteiger partial charge in [-0.15, -0.1) is 0 Å². The molecule has 0 saturated heterocycles. The first-order valence-corrected chi connectivity index (χ1v) is 9.67. The van der Waals surface area contributed by atoms with E-state index in [-0.39, 0.29) is 24.4 Å². The summed E-state index contributed by atoms with van der Waals surface area (Å²) in [7, 11) is 0. The third kappa shape index (κ3) is 4.86. The zero-order chi connectivity index (χ0) is 21.5. The summed E-state index contributed by atoms with van der Waals surface area (Å²) in [5.74, 6) is -0.436. The molecule has 1 aromatic carbocycles. The van der Waals surface area contributed by atoms with Gasteiger partial charge < -0.3 is 20.2 Å². The molecule has 9 heteroatoms. The number of fused-ring (bicyclic) bond motifs is 1. The van der Waals surface area contributed by atoms with E-state index in [1.54, 1.807) is 0 Å². The summed E-state index contributed by atoms with van der Waals surface area (Å²) in [6.07, 6.45) is 3.66. The molecule has 156 valence electrons.